The zero-order chi connectivity index (χ0) is 37.0. The van der Waals surface area contributed by atoms with Crippen LogP contribution in [0.5, 0.6) is 0 Å². The van der Waals surface area contributed by atoms with Gasteiger partial charge in [0.2, 0.25) is 0 Å². The molecule has 9 rings (SSSR count). The number of nitrogens with zero attached hydrogens (tertiary/aromatic N) is 1. The topological polar surface area (TPSA) is 67.9 Å². The van der Waals surface area contributed by atoms with E-state index in [1.165, 1.54) is 64.8 Å². The Hall–Kier alpha value is -4.64. The Morgan fingerprint density at radius 2 is 1.07 bits per heavy atom. The SMILES string of the molecule is CC1(COCCOCc2ccc3ccc4cccc5ccc2c3c45)COCCOCCN(c2ccc3ccc4cccc5ccc2c3c45)OCCOCCO1. The van der Waals surface area contributed by atoms with Crippen LogP contribution in [0.2, 0.25) is 0 Å². The van der Waals surface area contributed by atoms with Gasteiger partial charge in [-0.05, 0) is 77.8 Å². The van der Waals surface area contributed by atoms with E-state index < -0.39 is 5.60 Å². The zero-order valence-corrected chi connectivity index (χ0v) is 31.4. The van der Waals surface area contributed by atoms with Crippen LogP contribution in [0, 0.1) is 0 Å². The second-order valence-electron chi connectivity index (χ2n) is 14.6. The molecule has 282 valence electrons. The van der Waals surface area contributed by atoms with Crippen LogP contribution in [0.15, 0.2) is 109 Å². The molecule has 8 aromatic rings. The van der Waals surface area contributed by atoms with E-state index in [1.807, 2.05) is 12.0 Å². The maximum absolute atomic E-state index is 6.35. The van der Waals surface area contributed by atoms with E-state index in [9.17, 15) is 0 Å². The standard InChI is InChI=1S/C47H47NO7/c1-47(32-53-25-23-51-30-39-13-12-37-10-8-33-4-2-6-35-14-17-40(39)45(37)43(33)35)31-52-24-22-49-21-20-48(55-29-27-50-26-28-54-47)42-19-16-38-11-9-34-5-3-7-36-15-18-41(42)46(38)44(34)36/h2-19H,20-32H2,1H3. The summed E-state index contributed by atoms with van der Waals surface area (Å²) in [6, 6.07) is 39.3. The Kier molecular flexibility index (Phi) is 10.6. The Bertz CT molecular complexity index is 2470. The summed E-state index contributed by atoms with van der Waals surface area (Å²) in [4.78, 5) is 6.35. The third kappa shape index (κ3) is 7.52. The highest BCUT2D eigenvalue weighted by atomic mass is 16.7. The number of hydrogen-bond donors (Lipinski definition) is 0. The molecule has 0 bridgehead atoms. The molecule has 0 spiro atoms. The molecule has 0 aliphatic carbocycles. The van der Waals surface area contributed by atoms with Crippen molar-refractivity contribution in [2.45, 2.75) is 19.1 Å². The highest BCUT2D eigenvalue weighted by molar-refractivity contribution is 6.25. The molecule has 1 aliphatic rings. The molecule has 1 atom stereocenters. The lowest BCUT2D eigenvalue weighted by Crippen LogP contribution is -2.41. The normalized spacial score (nSPS) is 18.8. The summed E-state index contributed by atoms with van der Waals surface area (Å²) in [5.41, 5.74) is 1.55. The highest BCUT2D eigenvalue weighted by Gasteiger charge is 2.26. The van der Waals surface area contributed by atoms with Crippen LogP contribution in [0.1, 0.15) is 12.5 Å². The first-order valence-corrected chi connectivity index (χ1v) is 19.4. The van der Waals surface area contributed by atoms with Gasteiger partial charge in [-0.1, -0.05) is 103 Å². The van der Waals surface area contributed by atoms with Crippen LogP contribution >= 0.6 is 0 Å². The lowest BCUT2D eigenvalue weighted by Gasteiger charge is -2.30. The van der Waals surface area contributed by atoms with E-state index in [0.717, 1.165) is 11.1 Å². The van der Waals surface area contributed by atoms with Crippen molar-refractivity contribution in [3.8, 4) is 0 Å². The monoisotopic (exact) mass is 737 g/mol. The summed E-state index contributed by atoms with van der Waals surface area (Å²) in [7, 11) is 0. The van der Waals surface area contributed by atoms with Crippen molar-refractivity contribution in [1.29, 1.82) is 0 Å². The lowest BCUT2D eigenvalue weighted by molar-refractivity contribution is -0.142. The van der Waals surface area contributed by atoms with Crippen LogP contribution in [-0.2, 0) is 39.9 Å². The maximum atomic E-state index is 6.35. The summed E-state index contributed by atoms with van der Waals surface area (Å²) < 4.78 is 36.6. The van der Waals surface area contributed by atoms with Crippen LogP contribution in [-0.4, -0.2) is 84.8 Å². The second-order valence-corrected chi connectivity index (χ2v) is 14.6. The first-order chi connectivity index (χ1) is 27.2. The molecular weight excluding hydrogens is 691 g/mol. The summed E-state index contributed by atoms with van der Waals surface area (Å²) in [6.45, 7) is 7.82. The molecule has 1 unspecified atom stereocenters. The zero-order valence-electron chi connectivity index (χ0n) is 31.4. The van der Waals surface area contributed by atoms with Crippen molar-refractivity contribution in [1.82, 2.24) is 0 Å². The van der Waals surface area contributed by atoms with Crippen LogP contribution in [0.25, 0.3) is 64.6 Å². The van der Waals surface area contributed by atoms with Gasteiger partial charge in [0, 0.05) is 5.39 Å². The predicted molar refractivity (Wildman–Crippen MR) is 221 cm³/mol. The Labute approximate surface area is 321 Å². The third-order valence-corrected chi connectivity index (χ3v) is 10.8. The minimum atomic E-state index is -0.644. The molecule has 0 radical (unpaired) electrons. The van der Waals surface area contributed by atoms with E-state index in [2.05, 4.69) is 109 Å². The van der Waals surface area contributed by atoms with Gasteiger partial charge in [-0.25, -0.2) is 0 Å². The molecule has 8 heteroatoms. The Balaban J connectivity index is 0.768. The summed E-state index contributed by atoms with van der Waals surface area (Å²) >= 11 is 0. The molecule has 0 amide bonds. The van der Waals surface area contributed by atoms with Gasteiger partial charge in [0.15, 0.2) is 0 Å². The fourth-order valence-corrected chi connectivity index (χ4v) is 8.14. The highest BCUT2D eigenvalue weighted by Crippen LogP contribution is 2.39. The van der Waals surface area contributed by atoms with E-state index in [-0.39, 0.29) is 0 Å². The minimum Gasteiger partial charge on any atom is -0.377 e. The number of hydroxylamine groups is 1. The van der Waals surface area contributed by atoms with Crippen LogP contribution < -0.4 is 5.06 Å². The first kappa shape index (κ1) is 36.0. The van der Waals surface area contributed by atoms with E-state index in [4.69, 9.17) is 33.3 Å². The summed E-state index contributed by atoms with van der Waals surface area (Å²) in [5, 5.41) is 17.0. The predicted octanol–water partition coefficient (Wildman–Crippen LogP) is 9.29. The Morgan fingerprint density at radius 3 is 1.82 bits per heavy atom. The summed E-state index contributed by atoms with van der Waals surface area (Å²) in [6.07, 6.45) is 0. The molecule has 1 saturated heterocycles. The average Bonchev–Trinajstić information content (AvgIpc) is 3.21. The molecule has 0 saturated carbocycles. The number of anilines is 1. The largest absolute Gasteiger partial charge is 0.377 e. The third-order valence-electron chi connectivity index (χ3n) is 10.8. The van der Waals surface area contributed by atoms with E-state index in [0.29, 0.717) is 85.8 Å². The van der Waals surface area contributed by atoms with Crippen molar-refractivity contribution in [3.63, 3.8) is 0 Å². The fourth-order valence-electron chi connectivity index (χ4n) is 8.14. The molecule has 55 heavy (non-hydrogen) atoms. The van der Waals surface area contributed by atoms with Gasteiger partial charge in [0.25, 0.3) is 0 Å². The number of hydrogen-bond acceptors (Lipinski definition) is 8. The van der Waals surface area contributed by atoms with Gasteiger partial charge in [0.05, 0.1) is 91.5 Å². The maximum Gasteiger partial charge on any atom is 0.112 e. The van der Waals surface area contributed by atoms with E-state index in [1.54, 1.807) is 0 Å². The van der Waals surface area contributed by atoms with Gasteiger partial charge >= 0.3 is 0 Å². The van der Waals surface area contributed by atoms with Gasteiger partial charge < -0.3 is 28.4 Å². The van der Waals surface area contributed by atoms with Crippen molar-refractivity contribution in [2.75, 3.05) is 84.3 Å². The molecule has 0 N–H and O–H groups in total. The Morgan fingerprint density at radius 1 is 0.527 bits per heavy atom. The lowest BCUT2D eigenvalue weighted by atomic mass is 9.92. The molecule has 0 aromatic heterocycles. The minimum absolute atomic E-state index is 0.368. The van der Waals surface area contributed by atoms with Gasteiger partial charge in [-0.2, -0.15) is 0 Å². The van der Waals surface area contributed by atoms with Crippen molar-refractivity contribution < 1.29 is 33.3 Å². The van der Waals surface area contributed by atoms with Crippen molar-refractivity contribution in [3.05, 3.63) is 115 Å². The average molecular weight is 738 g/mol. The molecule has 1 fully saturated rings. The number of benzene rings is 8. The van der Waals surface area contributed by atoms with Crippen LogP contribution in [0.3, 0.4) is 0 Å². The molecule has 8 nitrogen and oxygen atoms in total. The quantitative estimate of drug-likeness (QED) is 0.113. The molecule has 8 aromatic carbocycles. The van der Waals surface area contributed by atoms with E-state index >= 15 is 0 Å². The molecule has 1 aliphatic heterocycles. The second kappa shape index (κ2) is 16.2. The van der Waals surface area contributed by atoms with Gasteiger partial charge in [-0.3, -0.25) is 9.90 Å². The number of ether oxygens (including phenoxy) is 6. The number of rotatable bonds is 8. The van der Waals surface area contributed by atoms with Gasteiger partial charge in [-0.15, -0.1) is 0 Å². The summed E-state index contributed by atoms with van der Waals surface area (Å²) in [5.74, 6) is 0. The van der Waals surface area contributed by atoms with Crippen molar-refractivity contribution in [2.24, 2.45) is 0 Å². The molecular formula is C47H47NO7. The van der Waals surface area contributed by atoms with Crippen LogP contribution in [0.4, 0.5) is 5.69 Å². The smallest absolute Gasteiger partial charge is 0.112 e. The van der Waals surface area contributed by atoms with Crippen molar-refractivity contribution >= 4 is 70.3 Å². The first-order valence-electron chi connectivity index (χ1n) is 19.4. The fraction of sp³-hybridized carbons (Fsp3) is 0.319. The molecule has 1 heterocycles. The van der Waals surface area contributed by atoms with Gasteiger partial charge in [0.1, 0.15) is 5.60 Å².